The molecule has 112 valence electrons. The smallest absolute Gasteiger partial charge is 0.150 e. The predicted molar refractivity (Wildman–Crippen MR) is 78.8 cm³/mol. The Hall–Kier alpha value is -1.99. The lowest BCUT2D eigenvalue weighted by Crippen LogP contribution is -2.38. The lowest BCUT2D eigenvalue weighted by molar-refractivity contribution is -0.0357. The van der Waals surface area contributed by atoms with E-state index >= 15 is 0 Å². The number of nitrogens with one attached hydrogen (secondary N) is 1. The van der Waals surface area contributed by atoms with Crippen molar-refractivity contribution in [1.29, 1.82) is 0 Å². The number of morpholine rings is 1. The minimum Gasteiger partial charge on any atom is -0.372 e. The maximum Gasteiger partial charge on any atom is 0.150 e. The van der Waals surface area contributed by atoms with Crippen LogP contribution in [0, 0.1) is 0 Å². The van der Waals surface area contributed by atoms with Crippen LogP contribution in [-0.2, 0) is 18.3 Å². The second-order valence-corrected chi connectivity index (χ2v) is 5.09. The van der Waals surface area contributed by atoms with Crippen LogP contribution < -0.4 is 5.32 Å². The van der Waals surface area contributed by atoms with Crippen LogP contribution in [-0.4, -0.2) is 51.2 Å². The van der Waals surface area contributed by atoms with Gasteiger partial charge in [0.1, 0.15) is 23.4 Å². The Kier molecular flexibility index (Phi) is 4.12. The van der Waals surface area contributed by atoms with Crippen LogP contribution in [0.15, 0.2) is 24.8 Å². The number of rotatable bonds is 4. The molecule has 2 aromatic rings. The van der Waals surface area contributed by atoms with Gasteiger partial charge in [-0.3, -0.25) is 9.88 Å². The fourth-order valence-electron chi connectivity index (χ4n) is 2.54. The molecule has 21 heavy (non-hydrogen) atoms. The largest absolute Gasteiger partial charge is 0.372 e. The van der Waals surface area contributed by atoms with Crippen LogP contribution in [0.3, 0.4) is 0 Å². The average molecular weight is 288 g/mol. The highest BCUT2D eigenvalue weighted by molar-refractivity contribution is 5.40. The molecule has 7 heteroatoms. The van der Waals surface area contributed by atoms with Crippen molar-refractivity contribution in [3.8, 4) is 0 Å². The van der Waals surface area contributed by atoms with Crippen molar-refractivity contribution in [3.63, 3.8) is 0 Å². The van der Waals surface area contributed by atoms with Crippen LogP contribution in [0.5, 0.6) is 0 Å². The Bertz CT molecular complexity index is 599. The van der Waals surface area contributed by atoms with Crippen LogP contribution >= 0.6 is 0 Å². The molecule has 0 spiro atoms. The minimum atomic E-state index is -0.0600. The molecule has 7 nitrogen and oxygen atoms in total. The lowest BCUT2D eigenvalue weighted by Gasteiger charge is -2.32. The summed E-state index contributed by atoms with van der Waals surface area (Å²) in [6, 6.07) is 0. The Morgan fingerprint density at radius 1 is 1.29 bits per heavy atom. The summed E-state index contributed by atoms with van der Waals surface area (Å²) < 4.78 is 7.92. The predicted octanol–water partition coefficient (Wildman–Crippen LogP) is 0.825. The molecule has 0 bridgehead atoms. The summed E-state index contributed by atoms with van der Waals surface area (Å²) in [5.74, 6) is 1.84. The summed E-state index contributed by atoms with van der Waals surface area (Å²) >= 11 is 0. The van der Waals surface area contributed by atoms with E-state index in [1.54, 1.807) is 12.4 Å². The molecule has 0 saturated carbocycles. The molecule has 1 atom stereocenters. The molecule has 1 fully saturated rings. The van der Waals surface area contributed by atoms with Gasteiger partial charge in [0.2, 0.25) is 0 Å². The number of ether oxygens (including phenoxy) is 1. The molecule has 0 aliphatic carbocycles. The Morgan fingerprint density at radius 3 is 2.90 bits per heavy atom. The fraction of sp³-hybridized carbons (Fsp3) is 0.500. The average Bonchev–Trinajstić information content (AvgIpc) is 2.93. The Morgan fingerprint density at radius 2 is 2.14 bits per heavy atom. The van der Waals surface area contributed by atoms with Crippen LogP contribution in [0.4, 0.5) is 5.82 Å². The number of aryl methyl sites for hydroxylation is 1. The maximum absolute atomic E-state index is 5.87. The molecule has 1 aliphatic rings. The number of hydrogen-bond donors (Lipinski definition) is 1. The first-order valence-electron chi connectivity index (χ1n) is 7.06. The number of nitrogens with zero attached hydrogens (tertiary/aromatic N) is 5. The molecule has 0 amide bonds. The standard InChI is InChI=1S/C14H20N6O/c1-15-14-13(17-3-4-18-14)11-9-20(7-8-21-11)10-12-16-5-6-19(12)2/h3-6,11H,7-10H2,1-2H3,(H,15,18)/t11-/m0/s1. The van der Waals surface area contributed by atoms with E-state index in [1.807, 2.05) is 31.1 Å². The SMILES string of the molecule is CNc1nccnc1[C@@H]1CN(Cc2nccn2C)CCO1. The quantitative estimate of drug-likeness (QED) is 0.898. The third-order valence-electron chi connectivity index (χ3n) is 3.70. The molecular weight excluding hydrogens is 268 g/mol. The van der Waals surface area contributed by atoms with E-state index < -0.39 is 0 Å². The van der Waals surface area contributed by atoms with Crippen molar-refractivity contribution < 1.29 is 4.74 Å². The van der Waals surface area contributed by atoms with Crippen molar-refractivity contribution in [2.75, 3.05) is 32.1 Å². The molecular formula is C14H20N6O. The molecule has 1 N–H and O–H groups in total. The summed E-state index contributed by atoms with van der Waals surface area (Å²) in [6.45, 7) is 3.20. The van der Waals surface area contributed by atoms with Crippen LogP contribution in [0.1, 0.15) is 17.6 Å². The van der Waals surface area contributed by atoms with Crippen LogP contribution in [0.2, 0.25) is 0 Å². The molecule has 1 aliphatic heterocycles. The molecule has 0 unspecified atom stereocenters. The number of anilines is 1. The number of imidazole rings is 1. The second-order valence-electron chi connectivity index (χ2n) is 5.09. The first-order chi connectivity index (χ1) is 10.3. The van der Waals surface area contributed by atoms with Gasteiger partial charge in [-0.1, -0.05) is 0 Å². The summed E-state index contributed by atoms with van der Waals surface area (Å²) in [6.07, 6.45) is 7.13. The zero-order valence-electron chi connectivity index (χ0n) is 12.4. The topological polar surface area (TPSA) is 68.1 Å². The van der Waals surface area contributed by atoms with E-state index in [0.717, 1.165) is 37.0 Å². The monoisotopic (exact) mass is 288 g/mol. The van der Waals surface area contributed by atoms with Gasteiger partial charge in [-0.25, -0.2) is 9.97 Å². The van der Waals surface area contributed by atoms with E-state index in [9.17, 15) is 0 Å². The lowest BCUT2D eigenvalue weighted by atomic mass is 10.2. The third kappa shape index (κ3) is 3.03. The van der Waals surface area contributed by atoms with E-state index in [0.29, 0.717) is 6.61 Å². The van der Waals surface area contributed by atoms with Gasteiger partial charge in [0.25, 0.3) is 0 Å². The van der Waals surface area contributed by atoms with Gasteiger partial charge in [-0.05, 0) is 0 Å². The first-order valence-corrected chi connectivity index (χ1v) is 7.06. The first kappa shape index (κ1) is 14.0. The van der Waals surface area contributed by atoms with Gasteiger partial charge in [0.15, 0.2) is 0 Å². The van der Waals surface area contributed by atoms with Crippen molar-refractivity contribution in [2.24, 2.45) is 7.05 Å². The number of aromatic nitrogens is 4. The Balaban J connectivity index is 1.72. The molecule has 2 aromatic heterocycles. The van der Waals surface area contributed by atoms with E-state index in [1.165, 1.54) is 0 Å². The van der Waals surface area contributed by atoms with Crippen molar-refractivity contribution in [3.05, 3.63) is 36.3 Å². The summed E-state index contributed by atoms with van der Waals surface area (Å²) in [5.41, 5.74) is 0.865. The van der Waals surface area contributed by atoms with E-state index in [-0.39, 0.29) is 6.10 Å². The van der Waals surface area contributed by atoms with Crippen LogP contribution in [0.25, 0.3) is 0 Å². The normalized spacial score (nSPS) is 19.6. The van der Waals surface area contributed by atoms with Gasteiger partial charge in [-0.2, -0.15) is 0 Å². The second kappa shape index (κ2) is 6.19. The number of hydrogen-bond acceptors (Lipinski definition) is 6. The van der Waals surface area contributed by atoms with Crippen molar-refractivity contribution in [2.45, 2.75) is 12.6 Å². The maximum atomic E-state index is 5.87. The van der Waals surface area contributed by atoms with Gasteiger partial charge in [0.05, 0.1) is 13.2 Å². The highest BCUT2D eigenvalue weighted by Crippen LogP contribution is 2.25. The summed E-state index contributed by atoms with van der Waals surface area (Å²) in [4.78, 5) is 15.4. The summed E-state index contributed by atoms with van der Waals surface area (Å²) in [5, 5.41) is 3.07. The van der Waals surface area contributed by atoms with Gasteiger partial charge >= 0.3 is 0 Å². The van der Waals surface area contributed by atoms with Crippen molar-refractivity contribution in [1.82, 2.24) is 24.4 Å². The van der Waals surface area contributed by atoms with Gasteiger partial charge < -0.3 is 14.6 Å². The summed E-state index contributed by atoms with van der Waals surface area (Å²) in [7, 11) is 3.87. The third-order valence-corrected chi connectivity index (χ3v) is 3.70. The highest BCUT2D eigenvalue weighted by atomic mass is 16.5. The zero-order chi connectivity index (χ0) is 14.7. The minimum absolute atomic E-state index is 0.0600. The Labute approximate surface area is 124 Å². The highest BCUT2D eigenvalue weighted by Gasteiger charge is 2.26. The molecule has 0 radical (unpaired) electrons. The molecule has 3 rings (SSSR count). The molecule has 0 aromatic carbocycles. The fourth-order valence-corrected chi connectivity index (χ4v) is 2.54. The van der Waals surface area contributed by atoms with Gasteiger partial charge in [0, 0.05) is 52.0 Å². The zero-order valence-corrected chi connectivity index (χ0v) is 12.4. The van der Waals surface area contributed by atoms with E-state index in [4.69, 9.17) is 4.74 Å². The molecule has 3 heterocycles. The van der Waals surface area contributed by atoms with Crippen molar-refractivity contribution >= 4 is 5.82 Å². The molecule has 1 saturated heterocycles. The van der Waals surface area contributed by atoms with E-state index in [2.05, 4.69) is 25.2 Å². The van der Waals surface area contributed by atoms with Gasteiger partial charge in [-0.15, -0.1) is 0 Å².